The van der Waals surface area contributed by atoms with Crippen molar-refractivity contribution >= 4 is 27.3 Å². The number of halogens is 2. The van der Waals surface area contributed by atoms with E-state index in [4.69, 9.17) is 15.2 Å². The van der Waals surface area contributed by atoms with Gasteiger partial charge in [-0.15, -0.1) is 0 Å². The Labute approximate surface area is 107 Å². The smallest absolute Gasteiger partial charge is 0.139 e. The second kappa shape index (κ2) is 5.66. The van der Waals surface area contributed by atoms with Crippen LogP contribution in [0.1, 0.15) is 0 Å². The molecule has 0 spiro atoms. The van der Waals surface area contributed by atoms with Crippen LogP contribution in [0.2, 0.25) is 0 Å². The van der Waals surface area contributed by atoms with Crippen LogP contribution in [0.5, 0.6) is 0 Å². The Balaban J connectivity index is 1.96. The minimum Gasteiger partial charge on any atom is -0.397 e. The number of benzene rings is 1. The zero-order valence-electron chi connectivity index (χ0n) is 9.21. The highest BCUT2D eigenvalue weighted by Gasteiger charge is 2.14. The van der Waals surface area contributed by atoms with Crippen molar-refractivity contribution in [3.05, 3.63) is 22.4 Å². The van der Waals surface area contributed by atoms with Crippen molar-refractivity contribution in [2.75, 3.05) is 37.4 Å². The van der Waals surface area contributed by atoms with Crippen LogP contribution in [0.4, 0.5) is 15.8 Å². The fraction of sp³-hybridized carbons (Fsp3) is 0.455. The first kappa shape index (κ1) is 12.6. The fourth-order valence-electron chi connectivity index (χ4n) is 1.59. The summed E-state index contributed by atoms with van der Waals surface area (Å²) in [6.45, 7) is 2.40. The zero-order valence-corrected chi connectivity index (χ0v) is 10.8. The van der Waals surface area contributed by atoms with Crippen LogP contribution in [-0.2, 0) is 9.47 Å². The predicted molar refractivity (Wildman–Crippen MR) is 67.6 cm³/mol. The molecule has 94 valence electrons. The van der Waals surface area contributed by atoms with Crippen LogP contribution in [0, 0.1) is 5.82 Å². The van der Waals surface area contributed by atoms with Gasteiger partial charge in [-0.05, 0) is 22.0 Å². The van der Waals surface area contributed by atoms with Crippen LogP contribution in [-0.4, -0.2) is 32.5 Å². The lowest BCUT2D eigenvalue weighted by Crippen LogP contribution is -2.34. The minimum atomic E-state index is -0.370. The first-order valence-corrected chi connectivity index (χ1v) is 6.14. The molecule has 1 aromatic carbocycles. The average molecular weight is 305 g/mol. The third-order valence-corrected chi connectivity index (χ3v) is 3.11. The molecule has 2 rings (SSSR count). The maximum Gasteiger partial charge on any atom is 0.139 e. The van der Waals surface area contributed by atoms with Gasteiger partial charge in [-0.3, -0.25) is 0 Å². The van der Waals surface area contributed by atoms with Gasteiger partial charge in [-0.1, -0.05) is 0 Å². The molecule has 6 heteroatoms. The Morgan fingerprint density at radius 1 is 1.47 bits per heavy atom. The summed E-state index contributed by atoms with van der Waals surface area (Å²) in [4.78, 5) is 0. The predicted octanol–water partition coefficient (Wildman–Crippen LogP) is 2.00. The first-order chi connectivity index (χ1) is 8.16. The average Bonchev–Trinajstić information content (AvgIpc) is 2.33. The monoisotopic (exact) mass is 304 g/mol. The molecule has 1 saturated heterocycles. The Bertz CT molecular complexity index is 397. The topological polar surface area (TPSA) is 56.5 Å². The van der Waals surface area contributed by atoms with Gasteiger partial charge in [0.25, 0.3) is 0 Å². The number of nitrogens with two attached hydrogens (primary N) is 1. The molecule has 1 heterocycles. The van der Waals surface area contributed by atoms with E-state index in [9.17, 15) is 4.39 Å². The molecule has 1 aromatic rings. The molecule has 4 nitrogen and oxygen atoms in total. The Morgan fingerprint density at radius 2 is 2.29 bits per heavy atom. The van der Waals surface area contributed by atoms with E-state index in [1.165, 1.54) is 6.07 Å². The summed E-state index contributed by atoms with van der Waals surface area (Å²) in [5, 5.41) is 3.12. The van der Waals surface area contributed by atoms with Gasteiger partial charge in [0.1, 0.15) is 5.82 Å². The van der Waals surface area contributed by atoms with Crippen molar-refractivity contribution in [3.63, 3.8) is 0 Å². The first-order valence-electron chi connectivity index (χ1n) is 5.34. The Kier molecular flexibility index (Phi) is 4.20. The largest absolute Gasteiger partial charge is 0.397 e. The van der Waals surface area contributed by atoms with Crippen molar-refractivity contribution in [3.8, 4) is 0 Å². The number of hydrogen-bond acceptors (Lipinski definition) is 4. The Hall–Kier alpha value is -0.850. The van der Waals surface area contributed by atoms with Crippen LogP contribution in [0.3, 0.4) is 0 Å². The molecule has 0 aliphatic carbocycles. The quantitative estimate of drug-likeness (QED) is 0.839. The number of hydrogen-bond donors (Lipinski definition) is 2. The Morgan fingerprint density at radius 3 is 3.00 bits per heavy atom. The highest BCUT2D eigenvalue weighted by molar-refractivity contribution is 9.10. The lowest BCUT2D eigenvalue weighted by atomic mass is 10.2. The number of nitrogens with one attached hydrogen (secondary N) is 1. The summed E-state index contributed by atoms with van der Waals surface area (Å²) in [5.74, 6) is -0.370. The van der Waals surface area contributed by atoms with Gasteiger partial charge in [-0.25, -0.2) is 4.39 Å². The second-order valence-electron chi connectivity index (χ2n) is 3.80. The van der Waals surface area contributed by atoms with E-state index < -0.39 is 0 Å². The maximum absolute atomic E-state index is 13.2. The molecule has 1 aliphatic rings. The zero-order chi connectivity index (χ0) is 12.3. The van der Waals surface area contributed by atoms with Crippen molar-refractivity contribution in [2.24, 2.45) is 0 Å². The number of anilines is 2. The van der Waals surface area contributed by atoms with E-state index in [1.54, 1.807) is 6.07 Å². The van der Waals surface area contributed by atoms with E-state index in [1.807, 2.05) is 0 Å². The molecule has 3 N–H and O–H groups in total. The van der Waals surface area contributed by atoms with Crippen LogP contribution in [0.25, 0.3) is 0 Å². The van der Waals surface area contributed by atoms with Crippen molar-refractivity contribution in [1.29, 1.82) is 0 Å². The number of rotatable bonds is 3. The molecule has 0 radical (unpaired) electrons. The van der Waals surface area contributed by atoms with Gasteiger partial charge in [0.2, 0.25) is 0 Å². The molecule has 0 aromatic heterocycles. The number of nitrogen functional groups attached to an aromatic ring is 1. The van der Waals surface area contributed by atoms with Gasteiger partial charge < -0.3 is 20.5 Å². The highest BCUT2D eigenvalue weighted by Crippen LogP contribution is 2.26. The summed E-state index contributed by atoms with van der Waals surface area (Å²) in [5.41, 5.74) is 6.78. The van der Waals surface area contributed by atoms with E-state index in [-0.39, 0.29) is 11.9 Å². The van der Waals surface area contributed by atoms with E-state index in [2.05, 4.69) is 21.2 Å². The van der Waals surface area contributed by atoms with Crippen molar-refractivity contribution in [1.82, 2.24) is 0 Å². The lowest BCUT2D eigenvalue weighted by Gasteiger charge is -2.23. The summed E-state index contributed by atoms with van der Waals surface area (Å²) >= 11 is 3.12. The molecule has 0 amide bonds. The molecular weight excluding hydrogens is 291 g/mol. The van der Waals surface area contributed by atoms with Gasteiger partial charge in [-0.2, -0.15) is 0 Å². The van der Waals surface area contributed by atoms with Crippen LogP contribution >= 0.6 is 15.9 Å². The second-order valence-corrected chi connectivity index (χ2v) is 4.66. The lowest BCUT2D eigenvalue weighted by molar-refractivity contribution is -0.0818. The molecule has 1 aliphatic heterocycles. The third kappa shape index (κ3) is 3.31. The molecular formula is C11H14BrFN2O2. The van der Waals surface area contributed by atoms with E-state index in [0.717, 1.165) is 0 Å². The molecule has 1 atom stereocenters. The summed E-state index contributed by atoms with van der Waals surface area (Å²) in [6.07, 6.45) is 0.00646. The molecule has 17 heavy (non-hydrogen) atoms. The summed E-state index contributed by atoms with van der Waals surface area (Å²) < 4.78 is 24.3. The van der Waals surface area contributed by atoms with Gasteiger partial charge >= 0.3 is 0 Å². The van der Waals surface area contributed by atoms with Crippen LogP contribution < -0.4 is 11.1 Å². The van der Waals surface area contributed by atoms with Gasteiger partial charge in [0.05, 0.1) is 41.8 Å². The third-order valence-electron chi connectivity index (χ3n) is 2.50. The molecule has 1 fully saturated rings. The van der Waals surface area contributed by atoms with E-state index in [0.29, 0.717) is 42.2 Å². The standard InChI is InChI=1S/C11H14BrFN2O2/c12-8-3-11(10(14)4-9(8)13)15-5-7-6-16-1-2-17-7/h3-4,7,15H,1-2,5-6,14H2. The highest BCUT2D eigenvalue weighted by atomic mass is 79.9. The van der Waals surface area contributed by atoms with Gasteiger partial charge in [0.15, 0.2) is 0 Å². The minimum absolute atomic E-state index is 0.00646. The van der Waals surface area contributed by atoms with E-state index >= 15 is 0 Å². The molecule has 1 unspecified atom stereocenters. The van der Waals surface area contributed by atoms with Crippen molar-refractivity contribution < 1.29 is 13.9 Å². The van der Waals surface area contributed by atoms with Crippen LogP contribution in [0.15, 0.2) is 16.6 Å². The molecule has 0 saturated carbocycles. The molecule has 0 bridgehead atoms. The maximum atomic E-state index is 13.2. The number of ether oxygens (including phenoxy) is 2. The van der Waals surface area contributed by atoms with Gasteiger partial charge in [0, 0.05) is 12.6 Å². The fourth-order valence-corrected chi connectivity index (χ4v) is 1.94. The summed E-state index contributed by atoms with van der Waals surface area (Å²) in [6, 6.07) is 2.90. The van der Waals surface area contributed by atoms with Crippen molar-refractivity contribution in [2.45, 2.75) is 6.10 Å². The SMILES string of the molecule is Nc1cc(F)c(Br)cc1NCC1COCCO1. The normalized spacial score (nSPS) is 20.2. The summed E-state index contributed by atoms with van der Waals surface area (Å²) in [7, 11) is 0.